The highest BCUT2D eigenvalue weighted by atomic mass is 79.9. The first-order valence-corrected chi connectivity index (χ1v) is 6.85. The first-order chi connectivity index (χ1) is 9.16. The van der Waals surface area contributed by atoms with E-state index in [4.69, 9.17) is 15.2 Å². The lowest BCUT2D eigenvalue weighted by molar-refractivity contribution is 0.0688. The SMILES string of the molecule is COCCOCCCNC(=O)c1cccc(N)c1Br. The molecule has 6 heteroatoms. The maximum absolute atomic E-state index is 11.9. The molecular weight excluding hydrogens is 312 g/mol. The van der Waals surface area contributed by atoms with E-state index >= 15 is 0 Å². The third-order valence-electron chi connectivity index (χ3n) is 2.46. The Kier molecular flexibility index (Phi) is 7.47. The Labute approximate surface area is 121 Å². The minimum Gasteiger partial charge on any atom is -0.398 e. The van der Waals surface area contributed by atoms with Crippen LogP contribution in [0.25, 0.3) is 0 Å². The van der Waals surface area contributed by atoms with Crippen LogP contribution in [0.1, 0.15) is 16.8 Å². The van der Waals surface area contributed by atoms with E-state index in [0.717, 1.165) is 6.42 Å². The molecule has 19 heavy (non-hydrogen) atoms. The van der Waals surface area contributed by atoms with E-state index in [1.165, 1.54) is 0 Å². The van der Waals surface area contributed by atoms with Gasteiger partial charge in [0.1, 0.15) is 0 Å². The number of hydrogen-bond donors (Lipinski definition) is 2. The summed E-state index contributed by atoms with van der Waals surface area (Å²) in [6, 6.07) is 5.22. The first-order valence-electron chi connectivity index (χ1n) is 6.05. The van der Waals surface area contributed by atoms with Gasteiger partial charge in [0.15, 0.2) is 0 Å². The monoisotopic (exact) mass is 330 g/mol. The van der Waals surface area contributed by atoms with Crippen molar-refractivity contribution in [3.8, 4) is 0 Å². The van der Waals surface area contributed by atoms with E-state index in [2.05, 4.69) is 21.2 Å². The molecule has 5 nitrogen and oxygen atoms in total. The molecule has 0 atom stereocenters. The fourth-order valence-corrected chi connectivity index (χ4v) is 1.89. The Hall–Kier alpha value is -1.11. The molecule has 3 N–H and O–H groups in total. The Morgan fingerprint density at radius 1 is 1.37 bits per heavy atom. The number of nitrogens with one attached hydrogen (secondary N) is 1. The zero-order valence-electron chi connectivity index (χ0n) is 10.9. The highest BCUT2D eigenvalue weighted by Crippen LogP contribution is 2.23. The summed E-state index contributed by atoms with van der Waals surface area (Å²) in [6.07, 6.45) is 0.759. The first kappa shape index (κ1) is 15.9. The van der Waals surface area contributed by atoms with Crippen LogP contribution in [-0.4, -0.2) is 39.4 Å². The second kappa shape index (κ2) is 8.90. The molecule has 0 saturated heterocycles. The Morgan fingerprint density at radius 3 is 2.89 bits per heavy atom. The van der Waals surface area contributed by atoms with Crippen LogP contribution >= 0.6 is 15.9 Å². The molecule has 1 amide bonds. The van der Waals surface area contributed by atoms with Gasteiger partial charge in [-0.3, -0.25) is 4.79 Å². The summed E-state index contributed by atoms with van der Waals surface area (Å²) in [5.74, 6) is -0.143. The maximum atomic E-state index is 11.9. The van der Waals surface area contributed by atoms with Crippen molar-refractivity contribution in [1.29, 1.82) is 0 Å². The highest BCUT2D eigenvalue weighted by molar-refractivity contribution is 9.10. The Balaban J connectivity index is 2.26. The number of halogens is 1. The molecule has 0 aliphatic carbocycles. The number of carbonyl (C=O) groups is 1. The van der Waals surface area contributed by atoms with Crippen LogP contribution in [0.3, 0.4) is 0 Å². The molecule has 106 valence electrons. The number of hydrogen-bond acceptors (Lipinski definition) is 4. The van der Waals surface area contributed by atoms with E-state index in [0.29, 0.717) is 42.1 Å². The fourth-order valence-electron chi connectivity index (χ4n) is 1.44. The number of benzene rings is 1. The molecule has 0 bridgehead atoms. The third-order valence-corrected chi connectivity index (χ3v) is 3.34. The van der Waals surface area contributed by atoms with Crippen LogP contribution in [0.4, 0.5) is 5.69 Å². The van der Waals surface area contributed by atoms with Gasteiger partial charge in [-0.2, -0.15) is 0 Å². The third kappa shape index (κ3) is 5.59. The number of carbonyl (C=O) groups excluding carboxylic acids is 1. The van der Waals surface area contributed by atoms with E-state index in [9.17, 15) is 4.79 Å². The van der Waals surface area contributed by atoms with Crippen molar-refractivity contribution in [2.45, 2.75) is 6.42 Å². The molecule has 0 spiro atoms. The van der Waals surface area contributed by atoms with Gasteiger partial charge in [-0.05, 0) is 34.5 Å². The van der Waals surface area contributed by atoms with Gasteiger partial charge in [0, 0.05) is 25.9 Å². The van der Waals surface area contributed by atoms with Crippen molar-refractivity contribution >= 4 is 27.5 Å². The summed E-state index contributed by atoms with van der Waals surface area (Å²) in [6.45, 7) is 2.32. The average Bonchev–Trinajstić information content (AvgIpc) is 2.40. The van der Waals surface area contributed by atoms with Crippen LogP contribution in [-0.2, 0) is 9.47 Å². The highest BCUT2D eigenvalue weighted by Gasteiger charge is 2.10. The van der Waals surface area contributed by atoms with Crippen molar-refractivity contribution in [2.24, 2.45) is 0 Å². The zero-order valence-corrected chi connectivity index (χ0v) is 12.5. The topological polar surface area (TPSA) is 73.6 Å². The lowest BCUT2D eigenvalue weighted by atomic mass is 10.2. The van der Waals surface area contributed by atoms with Crippen LogP contribution in [0, 0.1) is 0 Å². The van der Waals surface area contributed by atoms with Crippen molar-refractivity contribution < 1.29 is 14.3 Å². The van der Waals surface area contributed by atoms with E-state index in [1.807, 2.05) is 0 Å². The van der Waals surface area contributed by atoms with Crippen LogP contribution in [0.15, 0.2) is 22.7 Å². The maximum Gasteiger partial charge on any atom is 0.252 e. The summed E-state index contributed by atoms with van der Waals surface area (Å²) >= 11 is 3.31. The number of amides is 1. The second-order valence-corrected chi connectivity index (χ2v) is 4.72. The van der Waals surface area contributed by atoms with Crippen LogP contribution in [0.5, 0.6) is 0 Å². The summed E-state index contributed by atoms with van der Waals surface area (Å²) in [7, 11) is 1.63. The van der Waals surface area contributed by atoms with Crippen LogP contribution in [0.2, 0.25) is 0 Å². The molecule has 0 aliphatic heterocycles. The fraction of sp³-hybridized carbons (Fsp3) is 0.462. The van der Waals surface area contributed by atoms with Gasteiger partial charge < -0.3 is 20.5 Å². The Bertz CT molecular complexity index is 413. The minimum atomic E-state index is -0.143. The molecule has 0 heterocycles. The van der Waals surface area contributed by atoms with Gasteiger partial charge >= 0.3 is 0 Å². The molecule has 0 fully saturated rings. The summed E-state index contributed by atoms with van der Waals surface area (Å²) in [5.41, 5.74) is 6.82. The van der Waals surface area contributed by atoms with Gasteiger partial charge in [0.25, 0.3) is 5.91 Å². The smallest absolute Gasteiger partial charge is 0.252 e. The number of nitrogens with two attached hydrogens (primary N) is 1. The summed E-state index contributed by atoms with van der Waals surface area (Å²) < 4.78 is 10.8. The summed E-state index contributed by atoms with van der Waals surface area (Å²) in [5, 5.41) is 2.82. The minimum absolute atomic E-state index is 0.143. The van der Waals surface area contributed by atoms with Crippen molar-refractivity contribution in [2.75, 3.05) is 39.2 Å². The number of rotatable bonds is 8. The Morgan fingerprint density at radius 2 is 2.16 bits per heavy atom. The van der Waals surface area contributed by atoms with Crippen molar-refractivity contribution in [3.05, 3.63) is 28.2 Å². The summed E-state index contributed by atoms with van der Waals surface area (Å²) in [4.78, 5) is 11.9. The largest absolute Gasteiger partial charge is 0.398 e. The number of nitrogen functional groups attached to an aromatic ring is 1. The van der Waals surface area contributed by atoms with Crippen molar-refractivity contribution in [1.82, 2.24) is 5.32 Å². The van der Waals surface area contributed by atoms with Gasteiger partial charge in [-0.1, -0.05) is 6.07 Å². The molecule has 0 aromatic heterocycles. The molecule has 0 radical (unpaired) electrons. The van der Waals surface area contributed by atoms with Gasteiger partial charge in [0.05, 0.1) is 23.2 Å². The van der Waals surface area contributed by atoms with Gasteiger partial charge in [-0.25, -0.2) is 0 Å². The lowest BCUT2D eigenvalue weighted by Crippen LogP contribution is -2.25. The van der Waals surface area contributed by atoms with E-state index in [-0.39, 0.29) is 5.91 Å². The quantitative estimate of drug-likeness (QED) is 0.563. The van der Waals surface area contributed by atoms with Gasteiger partial charge in [0.2, 0.25) is 0 Å². The molecule has 1 rings (SSSR count). The van der Waals surface area contributed by atoms with E-state index in [1.54, 1.807) is 25.3 Å². The lowest BCUT2D eigenvalue weighted by Gasteiger charge is -2.08. The van der Waals surface area contributed by atoms with Crippen molar-refractivity contribution in [3.63, 3.8) is 0 Å². The molecule has 1 aromatic carbocycles. The molecule has 0 saturated carbocycles. The number of anilines is 1. The second-order valence-electron chi connectivity index (χ2n) is 3.92. The predicted octanol–water partition coefficient (Wildman–Crippen LogP) is 1.81. The zero-order chi connectivity index (χ0) is 14.1. The molecular formula is C13H19BrN2O3. The number of ether oxygens (including phenoxy) is 2. The average molecular weight is 331 g/mol. The van der Waals surface area contributed by atoms with Crippen LogP contribution < -0.4 is 11.1 Å². The molecule has 0 unspecified atom stereocenters. The molecule has 1 aromatic rings. The number of methoxy groups -OCH3 is 1. The standard InChI is InChI=1S/C13H19BrN2O3/c1-18-8-9-19-7-3-6-16-13(17)10-4-2-5-11(15)12(10)14/h2,4-5H,3,6-9,15H2,1H3,(H,16,17). The normalized spacial score (nSPS) is 10.4. The van der Waals surface area contributed by atoms with Gasteiger partial charge in [-0.15, -0.1) is 0 Å². The predicted molar refractivity (Wildman–Crippen MR) is 78.2 cm³/mol. The van der Waals surface area contributed by atoms with E-state index < -0.39 is 0 Å². The molecule has 0 aliphatic rings.